The minimum atomic E-state index is 0.363. The Morgan fingerprint density at radius 1 is 1.28 bits per heavy atom. The summed E-state index contributed by atoms with van der Waals surface area (Å²) in [5.74, 6) is 1.31. The van der Waals surface area contributed by atoms with Crippen molar-refractivity contribution in [1.82, 2.24) is 0 Å². The van der Waals surface area contributed by atoms with Gasteiger partial charge in [0.2, 0.25) is 0 Å². The molecular formula is C14H21NO2S. The Morgan fingerprint density at radius 3 is 2.67 bits per heavy atom. The lowest BCUT2D eigenvalue weighted by Crippen LogP contribution is -2.12. The number of para-hydroxylation sites is 1. The number of ether oxygens (including phenoxy) is 2. The van der Waals surface area contributed by atoms with Crippen molar-refractivity contribution in [3.05, 3.63) is 29.8 Å². The Bertz CT molecular complexity index is 380. The first kappa shape index (κ1) is 14.9. The largest absolute Gasteiger partial charge is 0.493 e. The highest BCUT2D eigenvalue weighted by molar-refractivity contribution is 7.80. The van der Waals surface area contributed by atoms with Crippen molar-refractivity contribution in [2.24, 2.45) is 11.7 Å². The first-order chi connectivity index (χ1) is 8.61. The van der Waals surface area contributed by atoms with Crippen molar-refractivity contribution in [1.29, 1.82) is 0 Å². The molecule has 1 rings (SSSR count). The van der Waals surface area contributed by atoms with Crippen LogP contribution in [0.15, 0.2) is 24.3 Å². The zero-order valence-electron chi connectivity index (χ0n) is 11.0. The average Bonchev–Trinajstić information content (AvgIpc) is 2.33. The lowest BCUT2D eigenvalue weighted by molar-refractivity contribution is 0.0981. The van der Waals surface area contributed by atoms with Gasteiger partial charge in [0.05, 0.1) is 12.2 Å². The number of benzene rings is 1. The quantitative estimate of drug-likeness (QED) is 0.581. The molecule has 0 atom stereocenters. The van der Waals surface area contributed by atoms with Crippen LogP contribution in [-0.2, 0) is 4.74 Å². The zero-order chi connectivity index (χ0) is 13.4. The average molecular weight is 267 g/mol. The topological polar surface area (TPSA) is 44.5 Å². The van der Waals surface area contributed by atoms with Crippen LogP contribution in [0.4, 0.5) is 0 Å². The van der Waals surface area contributed by atoms with E-state index in [4.69, 9.17) is 27.4 Å². The fourth-order valence-corrected chi connectivity index (χ4v) is 1.63. The highest BCUT2D eigenvalue weighted by Gasteiger charge is 2.04. The van der Waals surface area contributed by atoms with Crippen LogP contribution in [0, 0.1) is 5.92 Å². The molecule has 0 spiro atoms. The highest BCUT2D eigenvalue weighted by atomic mass is 32.1. The standard InChI is InChI=1S/C14H21NO2S/c1-11(2)10-16-8-5-9-17-13-7-4-3-6-12(13)14(15)18/h3-4,6-7,11H,5,8-10H2,1-2H3,(H2,15,18). The Balaban J connectivity index is 2.29. The van der Waals surface area contributed by atoms with Crippen molar-refractivity contribution in [2.75, 3.05) is 19.8 Å². The Morgan fingerprint density at radius 2 is 2.00 bits per heavy atom. The van der Waals surface area contributed by atoms with E-state index < -0.39 is 0 Å². The summed E-state index contributed by atoms with van der Waals surface area (Å²) in [6.45, 7) is 6.39. The van der Waals surface area contributed by atoms with E-state index in [2.05, 4.69) is 13.8 Å². The summed E-state index contributed by atoms with van der Waals surface area (Å²) < 4.78 is 11.1. The molecule has 0 aliphatic rings. The molecule has 18 heavy (non-hydrogen) atoms. The van der Waals surface area contributed by atoms with Gasteiger partial charge in [-0.25, -0.2) is 0 Å². The molecule has 0 heterocycles. The molecule has 0 fully saturated rings. The number of nitrogens with two attached hydrogens (primary N) is 1. The molecule has 2 N–H and O–H groups in total. The smallest absolute Gasteiger partial charge is 0.129 e. The molecule has 1 aromatic rings. The second-order valence-electron chi connectivity index (χ2n) is 4.53. The second-order valence-corrected chi connectivity index (χ2v) is 4.97. The number of thiocarbonyl (C=S) groups is 1. The highest BCUT2D eigenvalue weighted by Crippen LogP contribution is 2.17. The lowest BCUT2D eigenvalue weighted by atomic mass is 10.2. The monoisotopic (exact) mass is 267 g/mol. The van der Waals surface area contributed by atoms with Gasteiger partial charge in [-0.1, -0.05) is 38.2 Å². The van der Waals surface area contributed by atoms with Crippen LogP contribution < -0.4 is 10.5 Å². The van der Waals surface area contributed by atoms with Gasteiger partial charge >= 0.3 is 0 Å². The summed E-state index contributed by atoms with van der Waals surface area (Å²) in [7, 11) is 0. The molecule has 1 aromatic carbocycles. The van der Waals surface area contributed by atoms with E-state index >= 15 is 0 Å². The second kappa shape index (κ2) is 8.06. The fraction of sp³-hybridized carbons (Fsp3) is 0.500. The van der Waals surface area contributed by atoms with Crippen molar-refractivity contribution < 1.29 is 9.47 Å². The summed E-state index contributed by atoms with van der Waals surface area (Å²) in [5.41, 5.74) is 6.41. The van der Waals surface area contributed by atoms with Crippen LogP contribution in [0.2, 0.25) is 0 Å². The van der Waals surface area contributed by atoms with Crippen molar-refractivity contribution >= 4 is 17.2 Å². The first-order valence-corrected chi connectivity index (χ1v) is 6.61. The minimum Gasteiger partial charge on any atom is -0.493 e. The van der Waals surface area contributed by atoms with Gasteiger partial charge in [-0.3, -0.25) is 0 Å². The van der Waals surface area contributed by atoms with E-state index in [1.165, 1.54) is 0 Å². The zero-order valence-corrected chi connectivity index (χ0v) is 11.8. The number of rotatable bonds is 8. The van der Waals surface area contributed by atoms with E-state index in [9.17, 15) is 0 Å². The summed E-state index contributed by atoms with van der Waals surface area (Å²) in [4.78, 5) is 0.363. The van der Waals surface area contributed by atoms with Crippen molar-refractivity contribution in [3.63, 3.8) is 0 Å². The molecule has 4 heteroatoms. The third kappa shape index (κ3) is 5.47. The lowest BCUT2D eigenvalue weighted by Gasteiger charge is -2.11. The number of hydrogen-bond donors (Lipinski definition) is 1. The fourth-order valence-electron chi connectivity index (χ4n) is 1.46. The molecule has 0 bridgehead atoms. The molecule has 0 unspecified atom stereocenters. The maximum Gasteiger partial charge on any atom is 0.129 e. The van der Waals surface area contributed by atoms with Gasteiger partial charge in [0.1, 0.15) is 10.7 Å². The maximum atomic E-state index is 5.66. The molecule has 0 saturated heterocycles. The molecule has 0 radical (unpaired) electrons. The summed E-state index contributed by atoms with van der Waals surface area (Å²) in [5, 5.41) is 0. The first-order valence-electron chi connectivity index (χ1n) is 6.20. The summed E-state index contributed by atoms with van der Waals surface area (Å²) in [6.07, 6.45) is 0.860. The predicted molar refractivity (Wildman–Crippen MR) is 78.1 cm³/mol. The van der Waals surface area contributed by atoms with E-state index in [0.29, 0.717) is 24.1 Å². The third-order valence-electron chi connectivity index (χ3n) is 2.29. The summed E-state index contributed by atoms with van der Waals surface area (Å²) >= 11 is 4.97. The molecule has 100 valence electrons. The van der Waals surface area contributed by atoms with E-state index in [1.807, 2.05) is 24.3 Å². The molecular weight excluding hydrogens is 246 g/mol. The van der Waals surface area contributed by atoms with Gasteiger partial charge in [-0.15, -0.1) is 0 Å². The Kier molecular flexibility index (Phi) is 6.68. The van der Waals surface area contributed by atoms with Crippen LogP contribution in [0.1, 0.15) is 25.8 Å². The van der Waals surface area contributed by atoms with Gasteiger partial charge in [0.15, 0.2) is 0 Å². The number of hydrogen-bond acceptors (Lipinski definition) is 3. The van der Waals surface area contributed by atoms with E-state index in [0.717, 1.165) is 24.3 Å². The predicted octanol–water partition coefficient (Wildman–Crippen LogP) is 2.76. The van der Waals surface area contributed by atoms with Crippen LogP contribution in [-0.4, -0.2) is 24.8 Å². The summed E-state index contributed by atoms with van der Waals surface area (Å²) in [6, 6.07) is 7.55. The van der Waals surface area contributed by atoms with Crippen molar-refractivity contribution in [2.45, 2.75) is 20.3 Å². The minimum absolute atomic E-state index is 0.363. The van der Waals surface area contributed by atoms with Crippen LogP contribution in [0.3, 0.4) is 0 Å². The van der Waals surface area contributed by atoms with Gasteiger partial charge in [-0.2, -0.15) is 0 Å². The van der Waals surface area contributed by atoms with Gasteiger partial charge in [-0.05, 0) is 18.1 Å². The third-order valence-corrected chi connectivity index (χ3v) is 2.51. The van der Waals surface area contributed by atoms with E-state index in [-0.39, 0.29) is 0 Å². The van der Waals surface area contributed by atoms with E-state index in [1.54, 1.807) is 0 Å². The molecule has 0 amide bonds. The SMILES string of the molecule is CC(C)COCCCOc1ccccc1C(N)=S. The van der Waals surface area contributed by atoms with Crippen LogP contribution in [0.5, 0.6) is 5.75 Å². The van der Waals surface area contributed by atoms with Gasteiger partial charge < -0.3 is 15.2 Å². The van der Waals surface area contributed by atoms with Gasteiger partial charge in [0.25, 0.3) is 0 Å². The van der Waals surface area contributed by atoms with Crippen molar-refractivity contribution in [3.8, 4) is 5.75 Å². The molecule has 3 nitrogen and oxygen atoms in total. The van der Waals surface area contributed by atoms with Crippen LogP contribution >= 0.6 is 12.2 Å². The normalized spacial score (nSPS) is 10.6. The molecule has 0 aromatic heterocycles. The Labute approximate surface area is 114 Å². The Hall–Kier alpha value is -1.13. The van der Waals surface area contributed by atoms with Gasteiger partial charge in [0, 0.05) is 19.6 Å². The molecule has 0 aliphatic carbocycles. The molecule has 0 aliphatic heterocycles. The van der Waals surface area contributed by atoms with Crippen LogP contribution in [0.25, 0.3) is 0 Å². The maximum absolute atomic E-state index is 5.66. The molecule has 0 saturated carbocycles.